The molecule has 0 heterocycles. The fraction of sp³-hybridized carbons (Fsp3) is 1.00. The third-order valence-corrected chi connectivity index (χ3v) is 5.41. The lowest BCUT2D eigenvalue weighted by Crippen LogP contribution is -2.35. The topological polar surface area (TPSA) is 43.8 Å². The Hall–Kier alpha value is 0.110. The lowest BCUT2D eigenvalue weighted by Gasteiger charge is -2.35. The summed E-state index contributed by atoms with van der Waals surface area (Å²) >= 11 is 0. The van der Waals surface area contributed by atoms with E-state index >= 15 is 0 Å². The van der Waals surface area contributed by atoms with Crippen LogP contribution in [0.4, 0.5) is 0 Å². The molecule has 0 aliphatic rings. The molecule has 4 nitrogen and oxygen atoms in total. The Morgan fingerprint density at radius 3 is 2.00 bits per heavy atom. The van der Waals surface area contributed by atoms with Crippen LogP contribution in [0.1, 0.15) is 40.5 Å². The van der Waals surface area contributed by atoms with Crippen molar-refractivity contribution in [1.29, 1.82) is 0 Å². The maximum absolute atomic E-state index is 12.2. The number of rotatable bonds is 6. The minimum Gasteiger partial charge on any atom is -0.322 e. The van der Waals surface area contributed by atoms with Crippen molar-refractivity contribution >= 4 is 7.67 Å². The van der Waals surface area contributed by atoms with E-state index < -0.39 is 7.67 Å². The van der Waals surface area contributed by atoms with Gasteiger partial charge in [0.1, 0.15) is 0 Å². The Labute approximate surface area is 93.8 Å². The highest BCUT2D eigenvalue weighted by Gasteiger charge is 2.34. The zero-order valence-electron chi connectivity index (χ0n) is 10.8. The van der Waals surface area contributed by atoms with Gasteiger partial charge in [-0.1, -0.05) is 13.3 Å². The van der Waals surface area contributed by atoms with Crippen molar-refractivity contribution in [3.05, 3.63) is 0 Å². The standard InChI is InChI=1S/C10H25N2O2P/c1-7-8-10(4)12(6)15(13,14)11(5)9(2)3/h9-10H,7-8H2,1-6H3,(H,13,14). The second-order valence-corrected chi connectivity index (χ2v) is 6.68. The van der Waals surface area contributed by atoms with Gasteiger partial charge in [-0.3, -0.25) is 4.57 Å². The van der Waals surface area contributed by atoms with Crippen LogP contribution in [0.2, 0.25) is 0 Å². The second kappa shape index (κ2) is 6.00. The first-order valence-electron chi connectivity index (χ1n) is 5.54. The van der Waals surface area contributed by atoms with Crippen LogP contribution in [0.5, 0.6) is 0 Å². The monoisotopic (exact) mass is 236 g/mol. The summed E-state index contributed by atoms with van der Waals surface area (Å²) in [6, 6.07) is 0.198. The Morgan fingerprint density at radius 1 is 1.20 bits per heavy atom. The molecular formula is C10H25N2O2P. The average Bonchev–Trinajstić information content (AvgIpc) is 2.15. The Morgan fingerprint density at radius 2 is 1.67 bits per heavy atom. The summed E-state index contributed by atoms with van der Waals surface area (Å²) in [6.45, 7) is 7.90. The molecule has 0 fully saturated rings. The fourth-order valence-electron chi connectivity index (χ4n) is 1.38. The largest absolute Gasteiger partial charge is 0.343 e. The Kier molecular flexibility index (Phi) is 6.04. The number of hydrogen-bond acceptors (Lipinski definition) is 1. The smallest absolute Gasteiger partial charge is 0.322 e. The van der Waals surface area contributed by atoms with Crippen LogP contribution in [-0.2, 0) is 4.57 Å². The van der Waals surface area contributed by atoms with Crippen LogP contribution in [-0.4, -0.2) is 40.4 Å². The Bertz CT molecular complexity index is 233. The van der Waals surface area contributed by atoms with Gasteiger partial charge in [0.25, 0.3) is 0 Å². The molecule has 0 amide bonds. The summed E-state index contributed by atoms with van der Waals surface area (Å²) in [6.07, 6.45) is 1.96. The summed E-state index contributed by atoms with van der Waals surface area (Å²) in [5.41, 5.74) is 0. The quantitative estimate of drug-likeness (QED) is 0.720. The number of nitrogens with zero attached hydrogens (tertiary/aromatic N) is 2. The van der Waals surface area contributed by atoms with Crippen LogP contribution in [0.25, 0.3) is 0 Å². The zero-order chi connectivity index (χ0) is 12.2. The van der Waals surface area contributed by atoms with E-state index in [0.29, 0.717) is 0 Å². The van der Waals surface area contributed by atoms with Crippen molar-refractivity contribution in [1.82, 2.24) is 9.34 Å². The average molecular weight is 236 g/mol. The van der Waals surface area contributed by atoms with Gasteiger partial charge in [0, 0.05) is 12.1 Å². The van der Waals surface area contributed by atoms with Gasteiger partial charge in [0.2, 0.25) is 0 Å². The molecule has 0 spiro atoms. The zero-order valence-corrected chi connectivity index (χ0v) is 11.7. The summed E-state index contributed by atoms with van der Waals surface area (Å²) in [4.78, 5) is 10.0. The molecule has 2 atom stereocenters. The predicted octanol–water partition coefficient (Wildman–Crippen LogP) is 2.55. The molecule has 0 saturated carbocycles. The van der Waals surface area contributed by atoms with Crippen LogP contribution in [0.3, 0.4) is 0 Å². The molecule has 0 saturated heterocycles. The molecule has 15 heavy (non-hydrogen) atoms. The first kappa shape index (κ1) is 15.1. The van der Waals surface area contributed by atoms with Gasteiger partial charge in [-0.05, 0) is 41.3 Å². The Balaban J connectivity index is 4.64. The molecule has 0 aliphatic heterocycles. The van der Waals surface area contributed by atoms with E-state index in [4.69, 9.17) is 0 Å². The molecule has 1 N–H and O–H groups in total. The van der Waals surface area contributed by atoms with Crippen molar-refractivity contribution in [2.75, 3.05) is 14.1 Å². The first-order chi connectivity index (χ1) is 6.75. The highest BCUT2D eigenvalue weighted by atomic mass is 31.2. The fourth-order valence-corrected chi connectivity index (χ4v) is 3.06. The first-order valence-corrected chi connectivity index (χ1v) is 7.11. The van der Waals surface area contributed by atoms with Crippen molar-refractivity contribution in [3.63, 3.8) is 0 Å². The van der Waals surface area contributed by atoms with E-state index in [1.807, 2.05) is 20.8 Å². The van der Waals surface area contributed by atoms with E-state index in [9.17, 15) is 9.46 Å². The number of hydrogen-bond donors (Lipinski definition) is 1. The lowest BCUT2D eigenvalue weighted by molar-refractivity contribution is 0.252. The molecule has 0 aromatic rings. The van der Waals surface area contributed by atoms with E-state index in [-0.39, 0.29) is 12.1 Å². The molecule has 0 radical (unpaired) electrons. The van der Waals surface area contributed by atoms with E-state index in [1.54, 1.807) is 23.4 Å². The summed E-state index contributed by atoms with van der Waals surface area (Å²) < 4.78 is 15.3. The third-order valence-electron chi connectivity index (χ3n) is 2.91. The highest BCUT2D eigenvalue weighted by molar-refractivity contribution is 7.52. The van der Waals surface area contributed by atoms with Crippen molar-refractivity contribution in [2.45, 2.75) is 52.6 Å². The molecular weight excluding hydrogens is 211 g/mol. The minimum atomic E-state index is -3.35. The summed E-state index contributed by atoms with van der Waals surface area (Å²) in [7, 11) is 0.0673. The maximum atomic E-state index is 12.2. The summed E-state index contributed by atoms with van der Waals surface area (Å²) in [5.74, 6) is 0. The van der Waals surface area contributed by atoms with Crippen molar-refractivity contribution in [2.24, 2.45) is 0 Å². The van der Waals surface area contributed by atoms with Crippen LogP contribution in [0.15, 0.2) is 0 Å². The van der Waals surface area contributed by atoms with Gasteiger partial charge in [-0.2, -0.15) is 0 Å². The van der Waals surface area contributed by atoms with Gasteiger partial charge >= 0.3 is 7.67 Å². The van der Waals surface area contributed by atoms with Gasteiger partial charge in [-0.25, -0.2) is 9.34 Å². The van der Waals surface area contributed by atoms with Crippen molar-refractivity contribution < 1.29 is 9.46 Å². The lowest BCUT2D eigenvalue weighted by atomic mass is 10.2. The van der Waals surface area contributed by atoms with Crippen LogP contribution >= 0.6 is 7.67 Å². The van der Waals surface area contributed by atoms with E-state index in [2.05, 4.69) is 6.92 Å². The van der Waals surface area contributed by atoms with E-state index in [1.165, 1.54) is 0 Å². The molecule has 0 bridgehead atoms. The highest BCUT2D eigenvalue weighted by Crippen LogP contribution is 2.49. The molecule has 2 unspecified atom stereocenters. The van der Waals surface area contributed by atoms with E-state index in [0.717, 1.165) is 12.8 Å². The van der Waals surface area contributed by atoms with Crippen molar-refractivity contribution in [3.8, 4) is 0 Å². The van der Waals surface area contributed by atoms with Gasteiger partial charge in [0.15, 0.2) is 0 Å². The molecule has 0 aliphatic carbocycles. The summed E-state index contributed by atoms with van der Waals surface area (Å²) in [5, 5.41) is 0. The molecule has 92 valence electrons. The minimum absolute atomic E-state index is 0.0668. The van der Waals surface area contributed by atoms with Gasteiger partial charge < -0.3 is 4.89 Å². The SMILES string of the molecule is CCCC(C)N(C)P(=O)(O)N(C)C(C)C. The molecule has 0 rings (SSSR count). The second-order valence-electron chi connectivity index (χ2n) is 4.39. The van der Waals surface area contributed by atoms with Gasteiger partial charge in [0.05, 0.1) is 0 Å². The van der Waals surface area contributed by atoms with Crippen LogP contribution in [0, 0.1) is 0 Å². The maximum Gasteiger partial charge on any atom is 0.343 e. The third kappa shape index (κ3) is 3.87. The normalized spacial score (nSPS) is 18.5. The van der Waals surface area contributed by atoms with Crippen LogP contribution < -0.4 is 0 Å². The van der Waals surface area contributed by atoms with Gasteiger partial charge in [-0.15, -0.1) is 0 Å². The predicted molar refractivity (Wildman–Crippen MR) is 64.9 cm³/mol. The molecule has 0 aromatic heterocycles. The molecule has 5 heteroatoms. The molecule has 0 aromatic carbocycles.